The van der Waals surface area contributed by atoms with E-state index in [0.29, 0.717) is 0 Å². The average Bonchev–Trinajstić information content (AvgIpc) is 2.50. The zero-order valence-electron chi connectivity index (χ0n) is 48.7. The van der Waals surface area contributed by atoms with Crippen molar-refractivity contribution in [2.24, 2.45) is 0 Å². The van der Waals surface area contributed by atoms with E-state index in [-0.39, 0.29) is 23.0 Å². The fourth-order valence-corrected chi connectivity index (χ4v) is 15.7. The number of fused-ring (bicyclic) bond motifs is 16. The summed E-state index contributed by atoms with van der Waals surface area (Å²) < 4.78 is 0. The van der Waals surface area contributed by atoms with Crippen molar-refractivity contribution in [3.05, 3.63) is 247 Å². The minimum Gasteiger partial charge on any atom is -0.310 e. The molecule has 0 radical (unpaired) electrons. The third-order valence-electron chi connectivity index (χ3n) is 17.7. The van der Waals surface area contributed by atoms with Crippen LogP contribution in [0.3, 0.4) is 0 Å². The van der Waals surface area contributed by atoms with Crippen molar-refractivity contribution in [2.45, 2.75) is 98.1 Å². The molecule has 0 N–H and O–H groups in total. The molecule has 0 spiro atoms. The van der Waals surface area contributed by atoms with Crippen LogP contribution < -0.4 is 26.2 Å². The van der Waals surface area contributed by atoms with E-state index in [2.05, 4.69) is 303 Å². The van der Waals surface area contributed by atoms with Gasteiger partial charge in [0.1, 0.15) is 0 Å². The summed E-state index contributed by atoms with van der Waals surface area (Å²) in [6.45, 7) is 21.4. The Kier molecular flexibility index (Phi) is 11.9. The second-order valence-corrected chi connectivity index (χ2v) is 28.2. The van der Waals surface area contributed by atoms with Crippen LogP contribution in [0.5, 0.6) is 0 Å². The van der Waals surface area contributed by atoms with Crippen molar-refractivity contribution in [2.75, 3.05) is 9.80 Å². The number of hydrogen-bond acceptors (Lipinski definition) is 4. The summed E-state index contributed by atoms with van der Waals surface area (Å²) in [6.07, 6.45) is 0. The van der Waals surface area contributed by atoms with Crippen LogP contribution in [0, 0.1) is 0 Å². The molecule has 0 fully saturated rings. The standard InChI is InChI=1S/C78H65BN2S2/c1-76(2,3)50-42-61-57-32-18-22-40-69(57)82-67-38-20-16-30-55(67)59-36-24-34-53(48-26-12-10-13-27-48)72(59)80-65-46-52(78(7,8)9)47-66-71(65)79(63(44-50)74(61)80)64-45-51(77(4,5)6)43-62-58-33-19-23-41-70(58)83-68-39-21-17-31-56(68)60-37-25-35-54(49-28-14-11-15-29-49)73(60)81(66)75(62)64/h10-47H,1-9H3. The molecule has 5 heteroatoms. The van der Waals surface area contributed by atoms with E-state index in [1.165, 1.54) is 154 Å². The molecule has 4 heterocycles. The summed E-state index contributed by atoms with van der Waals surface area (Å²) in [7, 11) is 0. The third kappa shape index (κ3) is 8.32. The fraction of sp³-hybridized carbons (Fsp3) is 0.154. The van der Waals surface area contributed by atoms with Crippen LogP contribution in [0.2, 0.25) is 0 Å². The van der Waals surface area contributed by atoms with Gasteiger partial charge in [0.05, 0.1) is 11.4 Å². The Morgan fingerprint density at radius 3 is 0.940 bits per heavy atom. The molecule has 0 saturated heterocycles. The van der Waals surface area contributed by atoms with Gasteiger partial charge in [-0.05, 0) is 131 Å². The highest BCUT2D eigenvalue weighted by Crippen LogP contribution is 2.59. The molecule has 0 aromatic heterocycles. The highest BCUT2D eigenvalue weighted by molar-refractivity contribution is 8.00. The van der Waals surface area contributed by atoms with Crippen LogP contribution in [0.25, 0.3) is 66.8 Å². The molecule has 0 atom stereocenters. The van der Waals surface area contributed by atoms with Gasteiger partial charge < -0.3 is 9.80 Å². The molecular formula is C78H65BN2S2. The van der Waals surface area contributed by atoms with Gasteiger partial charge in [-0.15, -0.1) is 0 Å². The normalized spacial score (nSPS) is 13.7. The number of nitrogens with zero attached hydrogens (tertiary/aromatic N) is 2. The molecule has 402 valence electrons. The number of benzene rings is 11. The molecule has 4 aliphatic rings. The quantitative estimate of drug-likeness (QED) is 0.159. The Hall–Kier alpha value is -8.22. The summed E-state index contributed by atoms with van der Waals surface area (Å²) >= 11 is 3.79. The van der Waals surface area contributed by atoms with Crippen molar-refractivity contribution in [3.8, 4) is 66.8 Å². The summed E-state index contributed by atoms with van der Waals surface area (Å²) in [5.74, 6) is 0. The van der Waals surface area contributed by atoms with Crippen LogP contribution in [-0.4, -0.2) is 6.71 Å². The lowest BCUT2D eigenvalue weighted by Crippen LogP contribution is -2.62. The number of anilines is 6. The fourth-order valence-electron chi connectivity index (χ4n) is 13.5. The Morgan fingerprint density at radius 2 is 0.578 bits per heavy atom. The zero-order chi connectivity index (χ0) is 56.7. The van der Waals surface area contributed by atoms with Crippen molar-refractivity contribution in [1.29, 1.82) is 0 Å². The predicted molar refractivity (Wildman–Crippen MR) is 357 cm³/mol. The smallest absolute Gasteiger partial charge is 0.252 e. The van der Waals surface area contributed by atoms with Crippen LogP contribution in [0.4, 0.5) is 34.1 Å². The van der Waals surface area contributed by atoms with Gasteiger partial charge in [-0.25, -0.2) is 0 Å². The highest BCUT2D eigenvalue weighted by atomic mass is 32.2. The van der Waals surface area contributed by atoms with Gasteiger partial charge in [0.2, 0.25) is 0 Å². The van der Waals surface area contributed by atoms with Gasteiger partial charge in [-0.3, -0.25) is 0 Å². The summed E-state index contributed by atoms with van der Waals surface area (Å²) in [5, 5.41) is 0. The van der Waals surface area contributed by atoms with E-state index in [0.717, 1.165) is 0 Å². The Balaban J connectivity index is 1.21. The molecule has 0 aliphatic carbocycles. The molecule has 11 aromatic carbocycles. The Bertz CT molecular complexity index is 4190. The van der Waals surface area contributed by atoms with Gasteiger partial charge in [0, 0.05) is 75.7 Å². The second kappa shape index (κ2) is 19.2. The topological polar surface area (TPSA) is 6.48 Å². The molecule has 0 bridgehead atoms. The van der Waals surface area contributed by atoms with Crippen molar-refractivity contribution >= 4 is 80.7 Å². The summed E-state index contributed by atoms with van der Waals surface area (Å²) in [4.78, 5) is 10.5. The zero-order valence-corrected chi connectivity index (χ0v) is 50.4. The molecular weight excluding hydrogens is 1040 g/mol. The van der Waals surface area contributed by atoms with E-state index in [1.807, 2.05) is 23.5 Å². The van der Waals surface area contributed by atoms with Gasteiger partial charge in [-0.2, -0.15) is 0 Å². The van der Waals surface area contributed by atoms with Crippen LogP contribution >= 0.6 is 23.5 Å². The van der Waals surface area contributed by atoms with E-state index >= 15 is 0 Å². The van der Waals surface area contributed by atoms with E-state index in [1.54, 1.807) is 0 Å². The van der Waals surface area contributed by atoms with Crippen LogP contribution in [0.15, 0.2) is 250 Å². The van der Waals surface area contributed by atoms with Crippen LogP contribution in [0.1, 0.15) is 79.0 Å². The van der Waals surface area contributed by atoms with E-state index in [4.69, 9.17) is 0 Å². The van der Waals surface area contributed by atoms with Gasteiger partial charge >= 0.3 is 0 Å². The van der Waals surface area contributed by atoms with Crippen LogP contribution in [-0.2, 0) is 16.2 Å². The monoisotopic (exact) mass is 1100 g/mol. The molecule has 11 aromatic rings. The third-order valence-corrected chi connectivity index (χ3v) is 20.0. The number of para-hydroxylation sites is 2. The van der Waals surface area contributed by atoms with E-state index in [9.17, 15) is 0 Å². The van der Waals surface area contributed by atoms with Crippen molar-refractivity contribution in [1.82, 2.24) is 0 Å². The largest absolute Gasteiger partial charge is 0.310 e. The lowest BCUT2D eigenvalue weighted by Gasteiger charge is -2.48. The maximum atomic E-state index is 2.77. The summed E-state index contributed by atoms with van der Waals surface area (Å²) in [5.41, 5.74) is 29.1. The molecule has 0 saturated carbocycles. The Labute approximate surface area is 499 Å². The van der Waals surface area contributed by atoms with Gasteiger partial charge in [0.15, 0.2) is 0 Å². The minimum atomic E-state index is -0.261. The molecule has 0 unspecified atom stereocenters. The van der Waals surface area contributed by atoms with Crippen molar-refractivity contribution < 1.29 is 0 Å². The Morgan fingerprint density at radius 1 is 0.277 bits per heavy atom. The lowest BCUT2D eigenvalue weighted by molar-refractivity contribution is 0.590. The highest BCUT2D eigenvalue weighted by Gasteiger charge is 2.49. The lowest BCUT2D eigenvalue weighted by atomic mass is 9.32. The van der Waals surface area contributed by atoms with Crippen molar-refractivity contribution in [3.63, 3.8) is 0 Å². The van der Waals surface area contributed by atoms with Gasteiger partial charge in [-0.1, -0.05) is 268 Å². The SMILES string of the molecule is CC(C)(C)c1cc2c3c(c1)-c1ccccc1Sc1ccccc1-c1cccc(-c4ccccc4)c1N3c1cc(C(C)(C)C)cc3c1B2c1cc(C(C)(C)C)cc2c1N3c1c(-c3ccccc3)cccc1-c1ccccc1Sc1ccccc1-2. The molecule has 83 heavy (non-hydrogen) atoms. The predicted octanol–water partition coefficient (Wildman–Crippen LogP) is 20.6. The molecule has 15 rings (SSSR count). The number of rotatable bonds is 2. The average molecular weight is 1110 g/mol. The molecule has 2 nitrogen and oxygen atoms in total. The first-order valence-corrected chi connectivity index (χ1v) is 31.0. The second-order valence-electron chi connectivity index (χ2n) is 26.0. The first-order chi connectivity index (χ1) is 40.1. The molecule has 4 aliphatic heterocycles. The maximum absolute atomic E-state index is 2.77. The molecule has 0 amide bonds. The first-order valence-electron chi connectivity index (χ1n) is 29.4. The summed E-state index contributed by atoms with van der Waals surface area (Å²) in [6, 6.07) is 88.7. The maximum Gasteiger partial charge on any atom is 0.252 e. The van der Waals surface area contributed by atoms with E-state index < -0.39 is 0 Å². The minimum absolute atomic E-state index is 0.182. The number of hydrogen-bond donors (Lipinski definition) is 0. The first kappa shape index (κ1) is 51.7. The van der Waals surface area contributed by atoms with Gasteiger partial charge in [0.25, 0.3) is 6.71 Å².